The molecule has 0 aliphatic heterocycles. The fourth-order valence-electron chi connectivity index (χ4n) is 3.36. The average molecular weight is 414 g/mol. The number of aromatic nitrogens is 4. The number of nitrogens with zero attached hydrogens (tertiary/aromatic N) is 5. The lowest BCUT2D eigenvalue weighted by atomic mass is 10.1. The summed E-state index contributed by atoms with van der Waals surface area (Å²) in [6, 6.07) is 9.39. The summed E-state index contributed by atoms with van der Waals surface area (Å²) in [5, 5.41) is 6.26. The molecule has 4 rings (SSSR count). The first kappa shape index (κ1) is 19.1. The predicted octanol–water partition coefficient (Wildman–Crippen LogP) is 2.70. The highest BCUT2D eigenvalue weighted by Crippen LogP contribution is 2.30. The zero-order valence-corrected chi connectivity index (χ0v) is 16.7. The molecule has 0 radical (unpaired) electrons. The van der Waals surface area contributed by atoms with Crippen LogP contribution in [0.15, 0.2) is 41.2 Å². The van der Waals surface area contributed by atoms with Gasteiger partial charge in [-0.15, -0.1) is 0 Å². The molecule has 3 aromatic heterocycles. The molecule has 7 nitrogen and oxygen atoms in total. The van der Waals surface area contributed by atoms with Gasteiger partial charge in [0, 0.05) is 36.9 Å². The van der Waals surface area contributed by atoms with E-state index in [9.17, 15) is 14.0 Å². The van der Waals surface area contributed by atoms with Crippen LogP contribution in [-0.2, 0) is 18.3 Å². The van der Waals surface area contributed by atoms with E-state index in [-0.39, 0.29) is 18.1 Å². The van der Waals surface area contributed by atoms with Crippen molar-refractivity contribution >= 4 is 39.3 Å². The van der Waals surface area contributed by atoms with Gasteiger partial charge in [0.05, 0.1) is 17.6 Å². The summed E-state index contributed by atoms with van der Waals surface area (Å²) in [5.41, 5.74) is 1.01. The topological polar surface area (TPSA) is 73.0 Å². The molecule has 0 spiro atoms. The van der Waals surface area contributed by atoms with Crippen molar-refractivity contribution in [2.24, 2.45) is 7.05 Å². The molecule has 1 aromatic carbocycles. The van der Waals surface area contributed by atoms with Crippen molar-refractivity contribution in [2.45, 2.75) is 6.42 Å². The SMILES string of the molecule is CN(C)C(=O)Cc1nn(-c2cccc(F)n2)c(=O)c2c1c1ccc(Cl)cc1n2C. The maximum Gasteiger partial charge on any atom is 0.297 e. The monoisotopic (exact) mass is 413 g/mol. The second-order valence-electron chi connectivity index (χ2n) is 6.89. The minimum absolute atomic E-state index is 0.0269. The standard InChI is InChI=1S/C20H17ClFN5O2/c1-25(2)17(28)10-13-18-12-8-7-11(21)9-14(12)26(3)19(18)20(29)27(24-13)16-6-4-5-15(22)23-16/h4-9H,10H2,1-3H3. The van der Waals surface area contributed by atoms with Gasteiger partial charge in [-0.25, -0.2) is 4.98 Å². The molecular weight excluding hydrogens is 397 g/mol. The van der Waals surface area contributed by atoms with Crippen molar-refractivity contribution < 1.29 is 9.18 Å². The molecule has 0 N–H and O–H groups in total. The van der Waals surface area contributed by atoms with Gasteiger partial charge in [0.15, 0.2) is 5.82 Å². The molecule has 0 aliphatic rings. The van der Waals surface area contributed by atoms with Gasteiger partial charge < -0.3 is 9.47 Å². The van der Waals surface area contributed by atoms with Crippen molar-refractivity contribution in [3.63, 3.8) is 0 Å². The number of aryl methyl sites for hydroxylation is 1. The van der Waals surface area contributed by atoms with E-state index in [1.165, 1.54) is 23.1 Å². The van der Waals surface area contributed by atoms with Gasteiger partial charge >= 0.3 is 0 Å². The summed E-state index contributed by atoms with van der Waals surface area (Å²) in [7, 11) is 5.03. The Morgan fingerprint density at radius 1 is 1.24 bits per heavy atom. The fourth-order valence-corrected chi connectivity index (χ4v) is 3.53. The lowest BCUT2D eigenvalue weighted by Gasteiger charge is -2.12. The number of likely N-dealkylation sites (N-methyl/N-ethyl adjacent to an activating group) is 1. The number of fused-ring (bicyclic) bond motifs is 3. The number of hydrogen-bond acceptors (Lipinski definition) is 4. The smallest absolute Gasteiger partial charge is 0.297 e. The summed E-state index contributed by atoms with van der Waals surface area (Å²) in [6.07, 6.45) is -0.0269. The highest BCUT2D eigenvalue weighted by Gasteiger charge is 2.22. The molecule has 3 heterocycles. The van der Waals surface area contributed by atoms with Crippen LogP contribution in [0, 0.1) is 5.95 Å². The molecule has 0 atom stereocenters. The van der Waals surface area contributed by atoms with Gasteiger partial charge in [-0.05, 0) is 24.3 Å². The van der Waals surface area contributed by atoms with Crippen LogP contribution in [0.5, 0.6) is 0 Å². The van der Waals surface area contributed by atoms with Gasteiger partial charge in [0.2, 0.25) is 11.9 Å². The third-order valence-corrected chi connectivity index (χ3v) is 5.04. The first-order valence-corrected chi connectivity index (χ1v) is 9.18. The van der Waals surface area contributed by atoms with Crippen LogP contribution in [0.2, 0.25) is 5.02 Å². The Kier molecular flexibility index (Phi) is 4.58. The third-order valence-electron chi connectivity index (χ3n) is 4.80. The summed E-state index contributed by atoms with van der Waals surface area (Å²) >= 11 is 6.14. The quantitative estimate of drug-likeness (QED) is 0.484. The van der Waals surface area contributed by atoms with Gasteiger partial charge in [0.25, 0.3) is 5.56 Å². The Hall–Kier alpha value is -3.26. The molecule has 148 valence electrons. The first-order valence-electron chi connectivity index (χ1n) is 8.81. The number of rotatable bonds is 3. The second-order valence-corrected chi connectivity index (χ2v) is 7.33. The van der Waals surface area contributed by atoms with Crippen LogP contribution in [-0.4, -0.2) is 44.2 Å². The average Bonchev–Trinajstić information content (AvgIpc) is 2.96. The molecule has 4 aromatic rings. The van der Waals surface area contributed by atoms with Crippen LogP contribution in [0.25, 0.3) is 27.6 Å². The van der Waals surface area contributed by atoms with Crippen LogP contribution >= 0.6 is 11.6 Å². The molecule has 0 aliphatic carbocycles. The van der Waals surface area contributed by atoms with Gasteiger partial charge in [0.1, 0.15) is 5.52 Å². The van der Waals surface area contributed by atoms with Crippen molar-refractivity contribution in [3.05, 3.63) is 63.4 Å². The predicted molar refractivity (Wildman–Crippen MR) is 109 cm³/mol. The van der Waals surface area contributed by atoms with Crippen molar-refractivity contribution in [2.75, 3.05) is 14.1 Å². The van der Waals surface area contributed by atoms with E-state index >= 15 is 0 Å². The number of hydrogen-bond donors (Lipinski definition) is 0. The van der Waals surface area contributed by atoms with Gasteiger partial charge in [-0.2, -0.15) is 14.2 Å². The number of halogens is 2. The summed E-state index contributed by atoms with van der Waals surface area (Å²) < 4.78 is 16.4. The highest BCUT2D eigenvalue weighted by molar-refractivity contribution is 6.31. The maximum absolute atomic E-state index is 13.7. The molecule has 1 amide bonds. The third kappa shape index (κ3) is 3.15. The number of amides is 1. The highest BCUT2D eigenvalue weighted by atomic mass is 35.5. The molecule has 0 fully saturated rings. The largest absolute Gasteiger partial charge is 0.348 e. The Balaban J connectivity index is 2.13. The molecule has 0 saturated carbocycles. The van der Waals surface area contributed by atoms with Crippen molar-refractivity contribution in [1.29, 1.82) is 0 Å². The van der Waals surface area contributed by atoms with E-state index in [4.69, 9.17) is 11.6 Å². The summed E-state index contributed by atoms with van der Waals surface area (Å²) in [6.45, 7) is 0. The van der Waals surface area contributed by atoms with E-state index in [2.05, 4.69) is 10.1 Å². The Bertz CT molecular complexity index is 1340. The first-order chi connectivity index (χ1) is 13.8. The van der Waals surface area contributed by atoms with Gasteiger partial charge in [-0.1, -0.05) is 23.7 Å². The number of carbonyl (C=O) groups is 1. The van der Waals surface area contributed by atoms with E-state index < -0.39 is 11.5 Å². The minimum atomic E-state index is -0.731. The van der Waals surface area contributed by atoms with Gasteiger partial charge in [-0.3, -0.25) is 9.59 Å². The number of benzene rings is 1. The molecular formula is C20H17ClFN5O2. The van der Waals surface area contributed by atoms with Crippen LogP contribution < -0.4 is 5.56 Å². The minimum Gasteiger partial charge on any atom is -0.348 e. The number of pyridine rings is 1. The zero-order valence-electron chi connectivity index (χ0n) is 16.0. The lowest BCUT2D eigenvalue weighted by Crippen LogP contribution is -2.28. The fraction of sp³-hybridized carbons (Fsp3) is 0.200. The molecule has 29 heavy (non-hydrogen) atoms. The summed E-state index contributed by atoms with van der Waals surface area (Å²) in [4.78, 5) is 30.9. The van der Waals surface area contributed by atoms with Crippen molar-refractivity contribution in [3.8, 4) is 5.82 Å². The number of carbonyl (C=O) groups excluding carboxylic acids is 1. The second kappa shape index (κ2) is 6.97. The van der Waals surface area contributed by atoms with E-state index in [0.29, 0.717) is 21.6 Å². The van der Waals surface area contributed by atoms with Crippen LogP contribution in [0.4, 0.5) is 4.39 Å². The Morgan fingerprint density at radius 2 is 2.00 bits per heavy atom. The Labute approximate surface area is 169 Å². The van der Waals surface area contributed by atoms with Crippen LogP contribution in [0.1, 0.15) is 5.69 Å². The lowest BCUT2D eigenvalue weighted by molar-refractivity contribution is -0.128. The molecule has 9 heteroatoms. The van der Waals surface area contributed by atoms with E-state index in [1.807, 2.05) is 0 Å². The van der Waals surface area contributed by atoms with Crippen LogP contribution in [0.3, 0.4) is 0 Å². The molecule has 0 bridgehead atoms. The Morgan fingerprint density at radius 3 is 2.69 bits per heavy atom. The summed E-state index contributed by atoms with van der Waals surface area (Å²) in [5.74, 6) is -0.869. The molecule has 0 unspecified atom stereocenters. The normalized spacial score (nSPS) is 11.3. The van der Waals surface area contributed by atoms with E-state index in [1.54, 1.807) is 43.9 Å². The van der Waals surface area contributed by atoms with Crippen molar-refractivity contribution in [1.82, 2.24) is 24.2 Å². The van der Waals surface area contributed by atoms with E-state index in [0.717, 1.165) is 15.6 Å². The molecule has 0 saturated heterocycles. The zero-order chi connectivity index (χ0) is 20.9. The maximum atomic E-state index is 13.7.